The van der Waals surface area contributed by atoms with E-state index in [1.54, 1.807) is 0 Å². The molecule has 94 valence electrons. The molecule has 0 saturated heterocycles. The molecule has 0 bridgehead atoms. The standard InChI is InChI=1S/C14H26O2/c1-12(6-5-9-14(15)16)10-11-13-7-3-2-4-8-13/h12-13H,2-11H2,1H3,(H,15,16)/t12-/m1/s1. The largest absolute Gasteiger partial charge is 0.481 e. The van der Waals surface area contributed by atoms with E-state index in [9.17, 15) is 4.79 Å². The summed E-state index contributed by atoms with van der Waals surface area (Å²) in [6, 6.07) is 0. The van der Waals surface area contributed by atoms with E-state index in [0.717, 1.165) is 18.8 Å². The molecule has 2 heteroatoms. The third kappa shape index (κ3) is 6.14. The first-order chi connectivity index (χ1) is 7.68. The van der Waals surface area contributed by atoms with E-state index in [4.69, 9.17) is 5.11 Å². The molecule has 1 N–H and O–H groups in total. The third-order valence-corrected chi connectivity index (χ3v) is 3.88. The molecule has 0 spiro atoms. The molecule has 0 unspecified atom stereocenters. The molecule has 0 aromatic carbocycles. The van der Waals surface area contributed by atoms with Crippen LogP contribution in [0.2, 0.25) is 0 Å². The van der Waals surface area contributed by atoms with Gasteiger partial charge in [-0.25, -0.2) is 0 Å². The summed E-state index contributed by atoms with van der Waals surface area (Å²) >= 11 is 0. The van der Waals surface area contributed by atoms with Crippen LogP contribution < -0.4 is 0 Å². The van der Waals surface area contributed by atoms with Gasteiger partial charge in [-0.3, -0.25) is 4.79 Å². The lowest BCUT2D eigenvalue weighted by atomic mass is 9.84. The Morgan fingerprint density at radius 3 is 2.56 bits per heavy atom. The smallest absolute Gasteiger partial charge is 0.303 e. The van der Waals surface area contributed by atoms with E-state index in [1.807, 2.05) is 0 Å². The summed E-state index contributed by atoms with van der Waals surface area (Å²) in [5.74, 6) is 1.02. The molecule has 16 heavy (non-hydrogen) atoms. The fraction of sp³-hybridized carbons (Fsp3) is 0.929. The molecule has 0 aromatic heterocycles. The average Bonchev–Trinajstić information content (AvgIpc) is 2.27. The quantitative estimate of drug-likeness (QED) is 0.705. The molecule has 0 heterocycles. The predicted molar refractivity (Wildman–Crippen MR) is 66.5 cm³/mol. The maximum absolute atomic E-state index is 10.4. The first-order valence-electron chi connectivity index (χ1n) is 6.90. The normalized spacial score (nSPS) is 19.6. The Kier molecular flexibility index (Phi) is 6.51. The number of aliphatic carboxylic acids is 1. The van der Waals surface area contributed by atoms with E-state index in [1.165, 1.54) is 44.9 Å². The van der Waals surface area contributed by atoms with Gasteiger partial charge in [0.2, 0.25) is 0 Å². The summed E-state index contributed by atoms with van der Waals surface area (Å²) in [6.07, 6.45) is 12.1. The van der Waals surface area contributed by atoms with Gasteiger partial charge in [0, 0.05) is 6.42 Å². The van der Waals surface area contributed by atoms with E-state index < -0.39 is 5.97 Å². The minimum atomic E-state index is -0.653. The Balaban J connectivity index is 2.00. The van der Waals surface area contributed by atoms with Gasteiger partial charge >= 0.3 is 5.97 Å². The van der Waals surface area contributed by atoms with Crippen LogP contribution in [0.3, 0.4) is 0 Å². The molecular formula is C14H26O2. The number of hydrogen-bond acceptors (Lipinski definition) is 1. The van der Waals surface area contributed by atoms with Gasteiger partial charge in [-0.15, -0.1) is 0 Å². The average molecular weight is 226 g/mol. The van der Waals surface area contributed by atoms with Gasteiger partial charge in [-0.1, -0.05) is 58.3 Å². The van der Waals surface area contributed by atoms with Crippen molar-refractivity contribution in [3.63, 3.8) is 0 Å². The molecule has 1 saturated carbocycles. The van der Waals surface area contributed by atoms with Crippen molar-refractivity contribution in [1.29, 1.82) is 0 Å². The molecule has 1 rings (SSSR count). The van der Waals surface area contributed by atoms with Crippen LogP contribution in [-0.2, 0) is 4.79 Å². The number of carboxylic acid groups (broad SMARTS) is 1. The fourth-order valence-corrected chi connectivity index (χ4v) is 2.74. The van der Waals surface area contributed by atoms with Crippen LogP contribution in [0, 0.1) is 11.8 Å². The van der Waals surface area contributed by atoms with Crippen molar-refractivity contribution in [3.05, 3.63) is 0 Å². The second kappa shape index (κ2) is 7.70. The lowest BCUT2D eigenvalue weighted by molar-refractivity contribution is -0.137. The van der Waals surface area contributed by atoms with Crippen LogP contribution in [0.1, 0.15) is 71.1 Å². The first-order valence-corrected chi connectivity index (χ1v) is 6.90. The second-order valence-electron chi connectivity index (χ2n) is 5.47. The van der Waals surface area contributed by atoms with E-state index in [0.29, 0.717) is 12.3 Å². The number of hydrogen-bond donors (Lipinski definition) is 1. The maximum atomic E-state index is 10.4. The van der Waals surface area contributed by atoms with Crippen molar-refractivity contribution >= 4 is 5.97 Å². The van der Waals surface area contributed by atoms with Gasteiger partial charge in [0.05, 0.1) is 0 Å². The Hall–Kier alpha value is -0.530. The van der Waals surface area contributed by atoms with E-state index in [2.05, 4.69) is 6.92 Å². The van der Waals surface area contributed by atoms with Crippen molar-refractivity contribution < 1.29 is 9.90 Å². The molecule has 0 aromatic rings. The van der Waals surface area contributed by atoms with Crippen molar-refractivity contribution in [2.45, 2.75) is 71.1 Å². The van der Waals surface area contributed by atoms with Gasteiger partial charge < -0.3 is 5.11 Å². The Labute approximate surface area is 99.4 Å². The van der Waals surface area contributed by atoms with Gasteiger partial charge in [0.15, 0.2) is 0 Å². The molecule has 1 atom stereocenters. The topological polar surface area (TPSA) is 37.3 Å². The highest BCUT2D eigenvalue weighted by Gasteiger charge is 2.14. The molecule has 1 fully saturated rings. The zero-order chi connectivity index (χ0) is 11.8. The van der Waals surface area contributed by atoms with Crippen LogP contribution in [0.15, 0.2) is 0 Å². The minimum Gasteiger partial charge on any atom is -0.481 e. The van der Waals surface area contributed by atoms with Crippen molar-refractivity contribution in [1.82, 2.24) is 0 Å². The van der Waals surface area contributed by atoms with Crippen LogP contribution in [0.25, 0.3) is 0 Å². The molecule has 0 aliphatic heterocycles. The number of carboxylic acids is 1. The molecule has 1 aliphatic rings. The summed E-state index contributed by atoms with van der Waals surface area (Å²) in [5, 5.41) is 8.56. The van der Waals surface area contributed by atoms with Gasteiger partial charge in [-0.2, -0.15) is 0 Å². The van der Waals surface area contributed by atoms with Gasteiger partial charge in [0.1, 0.15) is 0 Å². The zero-order valence-corrected chi connectivity index (χ0v) is 10.6. The molecular weight excluding hydrogens is 200 g/mol. The fourth-order valence-electron chi connectivity index (χ4n) is 2.74. The highest BCUT2D eigenvalue weighted by atomic mass is 16.4. The monoisotopic (exact) mass is 226 g/mol. The van der Waals surface area contributed by atoms with Crippen LogP contribution in [-0.4, -0.2) is 11.1 Å². The summed E-state index contributed by atoms with van der Waals surface area (Å²) < 4.78 is 0. The van der Waals surface area contributed by atoms with Crippen LogP contribution >= 0.6 is 0 Å². The zero-order valence-electron chi connectivity index (χ0n) is 10.6. The van der Waals surface area contributed by atoms with E-state index in [-0.39, 0.29) is 0 Å². The Bertz CT molecular complexity index is 195. The predicted octanol–water partition coefficient (Wildman–Crippen LogP) is 4.24. The molecule has 1 aliphatic carbocycles. The molecule has 2 nitrogen and oxygen atoms in total. The van der Waals surface area contributed by atoms with Crippen LogP contribution in [0.4, 0.5) is 0 Å². The van der Waals surface area contributed by atoms with Crippen molar-refractivity contribution in [2.24, 2.45) is 11.8 Å². The SMILES string of the molecule is C[C@H](CCCC(=O)O)CCC1CCCCC1. The molecule has 0 radical (unpaired) electrons. The lowest BCUT2D eigenvalue weighted by Gasteiger charge is -2.22. The maximum Gasteiger partial charge on any atom is 0.303 e. The highest BCUT2D eigenvalue weighted by molar-refractivity contribution is 5.66. The first kappa shape index (κ1) is 13.5. The summed E-state index contributed by atoms with van der Waals surface area (Å²) in [6.45, 7) is 2.27. The number of rotatable bonds is 7. The summed E-state index contributed by atoms with van der Waals surface area (Å²) in [5.41, 5.74) is 0. The van der Waals surface area contributed by atoms with E-state index >= 15 is 0 Å². The minimum absolute atomic E-state index is 0.341. The Morgan fingerprint density at radius 2 is 1.94 bits per heavy atom. The van der Waals surface area contributed by atoms with Gasteiger partial charge in [-0.05, 0) is 18.3 Å². The number of carbonyl (C=O) groups is 1. The van der Waals surface area contributed by atoms with Gasteiger partial charge in [0.25, 0.3) is 0 Å². The lowest BCUT2D eigenvalue weighted by Crippen LogP contribution is -2.08. The van der Waals surface area contributed by atoms with Crippen molar-refractivity contribution in [2.75, 3.05) is 0 Å². The summed E-state index contributed by atoms with van der Waals surface area (Å²) in [7, 11) is 0. The second-order valence-corrected chi connectivity index (χ2v) is 5.47. The van der Waals surface area contributed by atoms with Crippen LogP contribution in [0.5, 0.6) is 0 Å². The van der Waals surface area contributed by atoms with Crippen molar-refractivity contribution in [3.8, 4) is 0 Å². The Morgan fingerprint density at radius 1 is 1.25 bits per heavy atom. The third-order valence-electron chi connectivity index (χ3n) is 3.88. The molecule has 0 amide bonds. The highest BCUT2D eigenvalue weighted by Crippen LogP contribution is 2.29. The summed E-state index contributed by atoms with van der Waals surface area (Å²) in [4.78, 5) is 10.4.